The number of nitrogens with one attached hydrogen (secondary N) is 1. The highest BCUT2D eigenvalue weighted by Gasteiger charge is 2.18. The number of benzene rings is 2. The fraction of sp³-hybridized carbons (Fsp3) is 0.273. The largest absolute Gasteiger partial charge is 0.491 e. The van der Waals surface area contributed by atoms with Gasteiger partial charge in [-0.3, -0.25) is 9.78 Å². The highest BCUT2D eigenvalue weighted by molar-refractivity contribution is 6.04. The number of halogens is 1. The van der Waals surface area contributed by atoms with Crippen LogP contribution in [0.2, 0.25) is 0 Å². The van der Waals surface area contributed by atoms with Gasteiger partial charge < -0.3 is 14.8 Å². The lowest BCUT2D eigenvalue weighted by atomic mass is 10.1. The average molecular weight is 382 g/mol. The first kappa shape index (κ1) is 19.6. The van der Waals surface area contributed by atoms with Crippen molar-refractivity contribution in [2.24, 2.45) is 0 Å². The average Bonchev–Trinajstić information content (AvgIpc) is 2.71. The van der Waals surface area contributed by atoms with Gasteiger partial charge in [-0.2, -0.15) is 0 Å². The lowest BCUT2D eigenvalue weighted by molar-refractivity contribution is -0.122. The van der Waals surface area contributed by atoms with Crippen LogP contribution in [0.25, 0.3) is 10.9 Å². The normalized spacial score (nSPS) is 11.8. The van der Waals surface area contributed by atoms with E-state index in [-0.39, 0.29) is 11.7 Å². The van der Waals surface area contributed by atoms with Crippen LogP contribution in [-0.4, -0.2) is 23.6 Å². The Balaban J connectivity index is 1.77. The summed E-state index contributed by atoms with van der Waals surface area (Å²) in [6.07, 6.45) is 2.81. The van der Waals surface area contributed by atoms with Crippen molar-refractivity contribution >= 4 is 22.5 Å². The van der Waals surface area contributed by atoms with Crippen LogP contribution in [0, 0.1) is 5.82 Å². The number of carbonyl (C=O) groups excluding carboxylic acids is 1. The summed E-state index contributed by atoms with van der Waals surface area (Å²) in [7, 11) is 0. The maximum Gasteiger partial charge on any atom is 0.265 e. The Morgan fingerprint density at radius 2 is 1.96 bits per heavy atom. The second-order valence-electron chi connectivity index (χ2n) is 6.39. The summed E-state index contributed by atoms with van der Waals surface area (Å²) in [4.78, 5) is 17.0. The van der Waals surface area contributed by atoms with Crippen molar-refractivity contribution in [3.05, 3.63) is 60.5 Å². The molecule has 1 aromatic heterocycles. The van der Waals surface area contributed by atoms with Gasteiger partial charge in [-0.15, -0.1) is 0 Å². The molecule has 0 radical (unpaired) electrons. The van der Waals surface area contributed by atoms with E-state index in [0.717, 1.165) is 18.2 Å². The van der Waals surface area contributed by atoms with Crippen molar-refractivity contribution in [1.29, 1.82) is 0 Å². The zero-order valence-corrected chi connectivity index (χ0v) is 15.9. The molecular formula is C22H23FN2O3. The minimum Gasteiger partial charge on any atom is -0.491 e. The molecule has 5 nitrogen and oxygen atoms in total. The fourth-order valence-electron chi connectivity index (χ4n) is 2.72. The molecule has 1 atom stereocenters. The smallest absolute Gasteiger partial charge is 0.265 e. The molecule has 0 spiro atoms. The van der Waals surface area contributed by atoms with Crippen molar-refractivity contribution in [1.82, 2.24) is 4.98 Å². The molecule has 28 heavy (non-hydrogen) atoms. The topological polar surface area (TPSA) is 60.5 Å². The Bertz CT molecular complexity index is 961. The van der Waals surface area contributed by atoms with Crippen LogP contribution < -0.4 is 14.8 Å². The Kier molecular flexibility index (Phi) is 6.42. The quantitative estimate of drug-likeness (QED) is 0.560. The van der Waals surface area contributed by atoms with E-state index in [1.165, 1.54) is 12.1 Å². The molecule has 0 unspecified atom stereocenters. The Morgan fingerprint density at radius 3 is 2.75 bits per heavy atom. The van der Waals surface area contributed by atoms with Gasteiger partial charge in [0, 0.05) is 11.6 Å². The molecule has 3 aromatic rings. The number of hydrogen-bond acceptors (Lipinski definition) is 4. The molecule has 1 amide bonds. The number of nitrogens with zero attached hydrogens (tertiary/aromatic N) is 1. The third-order valence-corrected chi connectivity index (χ3v) is 4.26. The molecule has 2 aromatic carbocycles. The number of ether oxygens (including phenoxy) is 2. The van der Waals surface area contributed by atoms with Gasteiger partial charge >= 0.3 is 0 Å². The van der Waals surface area contributed by atoms with Gasteiger partial charge in [-0.05, 0) is 49.7 Å². The molecule has 0 aliphatic carbocycles. The van der Waals surface area contributed by atoms with E-state index in [2.05, 4.69) is 17.2 Å². The van der Waals surface area contributed by atoms with Crippen molar-refractivity contribution in [2.45, 2.75) is 32.8 Å². The number of rotatable bonds is 8. The number of hydrogen-bond donors (Lipinski definition) is 1. The minimum absolute atomic E-state index is 0.0383. The summed E-state index contributed by atoms with van der Waals surface area (Å²) >= 11 is 0. The van der Waals surface area contributed by atoms with Crippen LogP contribution in [-0.2, 0) is 4.79 Å². The molecule has 0 aliphatic heterocycles. The van der Waals surface area contributed by atoms with Crippen LogP contribution in [0.1, 0.15) is 26.7 Å². The van der Waals surface area contributed by atoms with E-state index >= 15 is 0 Å². The molecule has 1 heterocycles. The van der Waals surface area contributed by atoms with Crippen molar-refractivity contribution in [2.75, 3.05) is 11.9 Å². The van der Waals surface area contributed by atoms with E-state index in [4.69, 9.17) is 9.47 Å². The summed E-state index contributed by atoms with van der Waals surface area (Å²) in [6, 6.07) is 13.2. The van der Waals surface area contributed by atoms with Crippen LogP contribution in [0.4, 0.5) is 10.1 Å². The predicted molar refractivity (Wildman–Crippen MR) is 107 cm³/mol. The second-order valence-corrected chi connectivity index (χ2v) is 6.39. The fourth-order valence-corrected chi connectivity index (χ4v) is 2.72. The number of unbranched alkanes of at least 4 members (excludes halogenated alkanes) is 1. The maximum atomic E-state index is 13.7. The lowest BCUT2D eigenvalue weighted by Gasteiger charge is -2.17. The SMILES string of the molecule is CCCCOc1ccc(NC(=O)[C@H](C)Oc2ccccc2F)c2cccnc12. The Hall–Kier alpha value is -3.15. The van der Waals surface area contributed by atoms with Gasteiger partial charge in [-0.1, -0.05) is 25.5 Å². The van der Waals surface area contributed by atoms with Crippen LogP contribution in [0.5, 0.6) is 11.5 Å². The van der Waals surface area contributed by atoms with Crippen LogP contribution in [0.15, 0.2) is 54.7 Å². The molecule has 0 bridgehead atoms. The van der Waals surface area contributed by atoms with E-state index < -0.39 is 11.9 Å². The van der Waals surface area contributed by atoms with Gasteiger partial charge in [0.2, 0.25) is 0 Å². The first-order valence-electron chi connectivity index (χ1n) is 9.32. The van der Waals surface area contributed by atoms with Gasteiger partial charge in [0.25, 0.3) is 5.91 Å². The molecule has 3 rings (SSSR count). The third kappa shape index (κ3) is 4.57. The van der Waals surface area contributed by atoms with Gasteiger partial charge in [0.1, 0.15) is 11.3 Å². The molecule has 1 N–H and O–H groups in total. The van der Waals surface area contributed by atoms with Crippen molar-refractivity contribution < 1.29 is 18.7 Å². The zero-order chi connectivity index (χ0) is 19.9. The first-order valence-corrected chi connectivity index (χ1v) is 9.32. The van der Waals surface area contributed by atoms with E-state index in [1.54, 1.807) is 43.5 Å². The van der Waals surface area contributed by atoms with E-state index in [1.807, 2.05) is 6.07 Å². The third-order valence-electron chi connectivity index (χ3n) is 4.26. The monoisotopic (exact) mass is 382 g/mol. The van der Waals surface area contributed by atoms with E-state index in [0.29, 0.717) is 23.6 Å². The summed E-state index contributed by atoms with van der Waals surface area (Å²) in [6.45, 7) is 4.29. The highest BCUT2D eigenvalue weighted by atomic mass is 19.1. The second kappa shape index (κ2) is 9.17. The van der Waals surface area contributed by atoms with E-state index in [9.17, 15) is 9.18 Å². The Morgan fingerprint density at radius 1 is 1.14 bits per heavy atom. The van der Waals surface area contributed by atoms with Gasteiger partial charge in [-0.25, -0.2) is 4.39 Å². The molecular weight excluding hydrogens is 359 g/mol. The van der Waals surface area contributed by atoms with Crippen molar-refractivity contribution in [3.63, 3.8) is 0 Å². The highest BCUT2D eigenvalue weighted by Crippen LogP contribution is 2.30. The summed E-state index contributed by atoms with van der Waals surface area (Å²) in [5.74, 6) is -0.174. The van der Waals surface area contributed by atoms with Gasteiger partial charge in [0.15, 0.2) is 17.7 Å². The minimum atomic E-state index is -0.871. The number of aromatic nitrogens is 1. The van der Waals surface area contributed by atoms with Crippen LogP contribution >= 0.6 is 0 Å². The lowest BCUT2D eigenvalue weighted by Crippen LogP contribution is -2.30. The number of anilines is 1. The molecule has 146 valence electrons. The number of para-hydroxylation sites is 1. The molecule has 6 heteroatoms. The zero-order valence-electron chi connectivity index (χ0n) is 15.9. The first-order chi connectivity index (χ1) is 13.6. The number of carbonyl (C=O) groups is 1. The standard InChI is InChI=1S/C22H23FN2O3/c1-3-4-14-27-20-12-11-18(16-8-7-13-24-21(16)20)25-22(26)15(2)28-19-10-6-5-9-17(19)23/h5-13,15H,3-4,14H2,1-2H3,(H,25,26)/t15-/m0/s1. The Labute approximate surface area is 163 Å². The summed E-state index contributed by atoms with van der Waals surface area (Å²) in [5, 5.41) is 3.60. The number of fused-ring (bicyclic) bond motifs is 1. The number of amides is 1. The number of pyridine rings is 1. The van der Waals surface area contributed by atoms with Crippen LogP contribution in [0.3, 0.4) is 0 Å². The summed E-state index contributed by atoms with van der Waals surface area (Å²) in [5.41, 5.74) is 1.28. The van der Waals surface area contributed by atoms with Gasteiger partial charge in [0.05, 0.1) is 12.3 Å². The molecule has 0 fully saturated rings. The van der Waals surface area contributed by atoms with Crippen molar-refractivity contribution in [3.8, 4) is 11.5 Å². The predicted octanol–water partition coefficient (Wildman–Crippen LogP) is 4.96. The molecule has 0 saturated carbocycles. The summed E-state index contributed by atoms with van der Waals surface area (Å²) < 4.78 is 25.0. The maximum absolute atomic E-state index is 13.7. The molecule has 0 saturated heterocycles. The molecule has 0 aliphatic rings.